The quantitative estimate of drug-likeness (QED) is 0.0679. The van der Waals surface area contributed by atoms with Gasteiger partial charge in [0.15, 0.2) is 0 Å². The average Bonchev–Trinajstić information content (AvgIpc) is 3.30. The number of aliphatic imine (C=N–C) groups is 1. The van der Waals surface area contributed by atoms with Gasteiger partial charge < -0.3 is 24.8 Å². The molecule has 1 aliphatic heterocycles. The van der Waals surface area contributed by atoms with E-state index in [1.807, 2.05) is 62.1 Å². The third kappa shape index (κ3) is 13.3. The number of amides is 3. The van der Waals surface area contributed by atoms with Gasteiger partial charge in [-0.05, 0) is 75.1 Å². The lowest BCUT2D eigenvalue weighted by atomic mass is 10.1. The molecule has 3 heterocycles. The van der Waals surface area contributed by atoms with Crippen LogP contribution in [-0.2, 0) is 9.63 Å². The molecule has 0 saturated carbocycles. The highest BCUT2D eigenvalue weighted by Gasteiger charge is 2.16. The summed E-state index contributed by atoms with van der Waals surface area (Å²) in [6, 6.07) is 14.9. The highest BCUT2D eigenvalue weighted by Crippen LogP contribution is 2.16. The standard InChI is InChI=1S/C19H20N4O3.C16H22N2O2.C2H2/c1-12-9-14(3)26-17(12)8-5-13(2)22-11-23-18(24)15-6-7-16(21-10-15)19(25)20-4;1-14(15-8-4-2-5-9-15)17-20-13-12-18-11-7-3-6-10-16(18)19;1-2/h5-11H,2H2,1,3-4H3,(H,20,25)(H,22,23,24);2,4-5,8-9H,3,6-7,10-13H2,1H3;1-2H/b8-5-;17-14+;. The molecule has 11 nitrogen and oxygen atoms in total. The predicted octanol–water partition coefficient (Wildman–Crippen LogP) is 5.72. The van der Waals surface area contributed by atoms with E-state index in [9.17, 15) is 14.4 Å². The zero-order chi connectivity index (χ0) is 35.3. The van der Waals surface area contributed by atoms with E-state index in [1.165, 1.54) is 31.7 Å². The van der Waals surface area contributed by atoms with Crippen molar-refractivity contribution in [1.29, 1.82) is 0 Å². The Bertz CT molecular complexity index is 1600. The van der Waals surface area contributed by atoms with Crippen LogP contribution in [0.4, 0.5) is 0 Å². The highest BCUT2D eigenvalue weighted by atomic mass is 16.6. The van der Waals surface area contributed by atoms with E-state index in [4.69, 9.17) is 9.25 Å². The maximum Gasteiger partial charge on any atom is 0.269 e. The lowest BCUT2D eigenvalue weighted by molar-refractivity contribution is -0.131. The van der Waals surface area contributed by atoms with Crippen LogP contribution in [0, 0.1) is 26.7 Å². The van der Waals surface area contributed by atoms with Crippen LogP contribution in [-0.4, -0.2) is 66.4 Å². The monoisotopic (exact) mass is 652 g/mol. The van der Waals surface area contributed by atoms with E-state index >= 15 is 0 Å². The number of carbonyl (C=O) groups excluding carboxylic acids is 3. The van der Waals surface area contributed by atoms with E-state index in [2.05, 4.69) is 45.2 Å². The molecule has 0 unspecified atom stereocenters. The summed E-state index contributed by atoms with van der Waals surface area (Å²) >= 11 is 0. The third-order valence-corrected chi connectivity index (χ3v) is 6.93. The van der Waals surface area contributed by atoms with E-state index in [0.717, 1.165) is 54.2 Å². The Hall–Kier alpha value is -5.76. The summed E-state index contributed by atoms with van der Waals surface area (Å²) in [6.07, 6.45) is 18.0. The number of nitrogens with one attached hydrogen (secondary N) is 2. The Morgan fingerprint density at radius 3 is 2.48 bits per heavy atom. The molecule has 3 aromatic rings. The fraction of sp³-hybridized carbons (Fsp3) is 0.297. The minimum absolute atomic E-state index is 0.236. The first-order valence-corrected chi connectivity index (χ1v) is 15.5. The van der Waals surface area contributed by atoms with Crippen molar-refractivity contribution >= 4 is 35.8 Å². The summed E-state index contributed by atoms with van der Waals surface area (Å²) in [7, 11) is 1.51. The topological polar surface area (TPSA) is 138 Å². The number of aromatic nitrogens is 1. The molecule has 0 atom stereocenters. The molecule has 0 radical (unpaired) electrons. The van der Waals surface area contributed by atoms with Crippen LogP contribution in [0.2, 0.25) is 0 Å². The van der Waals surface area contributed by atoms with E-state index < -0.39 is 0 Å². The molecule has 48 heavy (non-hydrogen) atoms. The first kappa shape index (κ1) is 38.4. The van der Waals surface area contributed by atoms with Crippen molar-refractivity contribution in [3.8, 4) is 12.8 Å². The van der Waals surface area contributed by atoms with Crippen LogP contribution in [0.5, 0.6) is 0 Å². The van der Waals surface area contributed by atoms with Gasteiger partial charge in [0, 0.05) is 26.2 Å². The average molecular weight is 653 g/mol. The number of carbonyl (C=O) groups is 3. The molecule has 11 heteroatoms. The summed E-state index contributed by atoms with van der Waals surface area (Å²) < 4.78 is 5.51. The number of hydrogen-bond donors (Lipinski definition) is 2. The van der Waals surface area contributed by atoms with Crippen LogP contribution in [0.1, 0.15) is 76.1 Å². The van der Waals surface area contributed by atoms with Gasteiger partial charge in [0.1, 0.15) is 23.8 Å². The second kappa shape index (κ2) is 21.1. The molecule has 2 N–H and O–H groups in total. The number of oxime groups is 1. The van der Waals surface area contributed by atoms with Gasteiger partial charge in [-0.1, -0.05) is 48.5 Å². The van der Waals surface area contributed by atoms with Crippen molar-refractivity contribution in [2.45, 2.75) is 46.5 Å². The molecule has 3 amide bonds. The van der Waals surface area contributed by atoms with Gasteiger partial charge in [0.05, 0.1) is 29.9 Å². The molecule has 2 aromatic heterocycles. The van der Waals surface area contributed by atoms with E-state index in [0.29, 0.717) is 30.8 Å². The molecule has 0 aliphatic carbocycles. The molecule has 252 valence electrons. The summed E-state index contributed by atoms with van der Waals surface area (Å²) in [5.41, 5.74) is 3.93. The zero-order valence-electron chi connectivity index (χ0n) is 28.1. The van der Waals surface area contributed by atoms with Gasteiger partial charge in [-0.3, -0.25) is 19.4 Å². The van der Waals surface area contributed by atoms with E-state index in [1.54, 1.807) is 12.2 Å². The summed E-state index contributed by atoms with van der Waals surface area (Å²) in [5, 5.41) is 9.08. The van der Waals surface area contributed by atoms with Crippen LogP contribution in [0.3, 0.4) is 0 Å². The van der Waals surface area contributed by atoms with E-state index in [-0.39, 0.29) is 23.4 Å². The van der Waals surface area contributed by atoms with Crippen molar-refractivity contribution in [3.63, 3.8) is 0 Å². The number of nitrogens with zero attached hydrogens (tertiary/aromatic N) is 4. The Morgan fingerprint density at radius 2 is 1.83 bits per heavy atom. The fourth-order valence-electron chi connectivity index (χ4n) is 4.39. The number of likely N-dealkylation sites (tertiary alicyclic amines) is 1. The lowest BCUT2D eigenvalue weighted by Gasteiger charge is -2.19. The number of aryl methyl sites for hydroxylation is 2. The lowest BCUT2D eigenvalue weighted by Crippen LogP contribution is -2.33. The van der Waals surface area contributed by atoms with Crippen molar-refractivity contribution in [2.24, 2.45) is 10.1 Å². The van der Waals surface area contributed by atoms with Crippen molar-refractivity contribution < 1.29 is 23.6 Å². The van der Waals surface area contributed by atoms with Gasteiger partial charge >= 0.3 is 0 Å². The van der Waals surface area contributed by atoms with Gasteiger partial charge in [-0.25, -0.2) is 4.99 Å². The van der Waals surface area contributed by atoms with Crippen molar-refractivity contribution in [1.82, 2.24) is 20.5 Å². The molecular weight excluding hydrogens is 608 g/mol. The first-order chi connectivity index (χ1) is 23.2. The zero-order valence-corrected chi connectivity index (χ0v) is 28.1. The van der Waals surface area contributed by atoms with Gasteiger partial charge in [0.2, 0.25) is 5.91 Å². The maximum atomic E-state index is 12.0. The Balaban J connectivity index is 0.000000327. The Kier molecular flexibility index (Phi) is 16.9. The fourth-order valence-corrected chi connectivity index (χ4v) is 4.39. The largest absolute Gasteiger partial charge is 0.462 e. The molecule has 1 aromatic carbocycles. The smallest absolute Gasteiger partial charge is 0.269 e. The molecule has 1 aliphatic rings. The Morgan fingerprint density at radius 1 is 1.08 bits per heavy atom. The molecule has 0 bridgehead atoms. The Labute approximate surface area is 282 Å². The maximum absolute atomic E-state index is 12.0. The molecule has 1 saturated heterocycles. The second-order valence-electron chi connectivity index (χ2n) is 10.5. The number of pyridine rings is 1. The molecule has 1 fully saturated rings. The van der Waals surface area contributed by atoms with Crippen molar-refractivity contribution in [3.05, 3.63) is 107 Å². The number of furan rings is 1. The number of benzene rings is 1. The number of allylic oxidation sites excluding steroid dienone is 1. The molecule has 0 spiro atoms. The molecular formula is C37H44N6O5. The van der Waals surface area contributed by atoms with Crippen LogP contribution < -0.4 is 10.6 Å². The minimum Gasteiger partial charge on any atom is -0.462 e. The molecule has 4 rings (SSSR count). The van der Waals surface area contributed by atoms with Crippen LogP contribution >= 0.6 is 0 Å². The normalized spacial score (nSPS) is 13.1. The number of rotatable bonds is 11. The first-order valence-electron chi connectivity index (χ1n) is 15.5. The predicted molar refractivity (Wildman–Crippen MR) is 189 cm³/mol. The van der Waals surface area contributed by atoms with Gasteiger partial charge in [0.25, 0.3) is 11.8 Å². The third-order valence-electron chi connectivity index (χ3n) is 6.93. The highest BCUT2D eigenvalue weighted by molar-refractivity contribution is 6.01. The summed E-state index contributed by atoms with van der Waals surface area (Å²) in [6.45, 7) is 11.5. The number of hydrogen-bond acceptors (Lipinski definition) is 8. The van der Waals surface area contributed by atoms with Crippen LogP contribution in [0.15, 0.2) is 87.6 Å². The van der Waals surface area contributed by atoms with Gasteiger partial charge in [-0.15, -0.1) is 12.8 Å². The number of terminal acetylenes is 1. The van der Waals surface area contributed by atoms with Crippen LogP contribution in [0.25, 0.3) is 6.08 Å². The van der Waals surface area contributed by atoms with Gasteiger partial charge in [-0.2, -0.15) is 0 Å². The SMILES string of the molecule is C#C.C/C(=N\OCCN1CCCCCC1=O)c1ccccc1.C=C(/C=C\c1oc(C)cc1C)N=CNC(=O)c1ccc(C(=O)NC)nc1. The second-order valence-corrected chi connectivity index (χ2v) is 10.5. The van der Waals surface area contributed by atoms with Crippen molar-refractivity contribution in [2.75, 3.05) is 26.7 Å². The minimum atomic E-state index is -0.390. The summed E-state index contributed by atoms with van der Waals surface area (Å²) in [5.74, 6) is 1.11. The summed E-state index contributed by atoms with van der Waals surface area (Å²) in [4.78, 5) is 50.4.